The van der Waals surface area contributed by atoms with E-state index in [1.165, 1.54) is 17.9 Å². The van der Waals surface area contributed by atoms with Gasteiger partial charge in [-0.2, -0.15) is 11.8 Å². The van der Waals surface area contributed by atoms with Gasteiger partial charge in [-0.05, 0) is 36.7 Å². The Morgan fingerprint density at radius 2 is 2.45 bits per heavy atom. The molecule has 0 aromatic rings. The molecule has 0 bridgehead atoms. The van der Waals surface area contributed by atoms with Crippen molar-refractivity contribution in [3.05, 3.63) is 0 Å². The fraction of sp³-hybridized carbons (Fsp3) is 0.875. The van der Waals surface area contributed by atoms with Crippen LogP contribution in [0.3, 0.4) is 0 Å². The van der Waals surface area contributed by atoms with Crippen LogP contribution in [0.1, 0.15) is 25.7 Å². The molecule has 0 aromatic carbocycles. The van der Waals surface area contributed by atoms with Crippen LogP contribution in [0.2, 0.25) is 0 Å². The van der Waals surface area contributed by atoms with Crippen molar-refractivity contribution in [2.75, 3.05) is 11.5 Å². The number of aliphatic carboxylic acids is 1. The molecule has 1 saturated heterocycles. The summed E-state index contributed by atoms with van der Waals surface area (Å²) in [6.07, 6.45) is 3.62. The van der Waals surface area contributed by atoms with Crippen LogP contribution in [-0.2, 0) is 4.79 Å². The van der Waals surface area contributed by atoms with Gasteiger partial charge in [-0.3, -0.25) is 4.79 Å². The summed E-state index contributed by atoms with van der Waals surface area (Å²) >= 11 is 1.99. The van der Waals surface area contributed by atoms with Crippen molar-refractivity contribution in [1.29, 1.82) is 0 Å². The van der Waals surface area contributed by atoms with Crippen LogP contribution in [0.15, 0.2) is 0 Å². The number of hydrogen-bond acceptors (Lipinski definition) is 2. The van der Waals surface area contributed by atoms with Gasteiger partial charge in [0.2, 0.25) is 0 Å². The van der Waals surface area contributed by atoms with Crippen molar-refractivity contribution in [1.82, 2.24) is 0 Å². The molecule has 0 radical (unpaired) electrons. The molecule has 1 unspecified atom stereocenters. The van der Waals surface area contributed by atoms with Crippen LogP contribution < -0.4 is 0 Å². The van der Waals surface area contributed by atoms with Crippen molar-refractivity contribution in [2.45, 2.75) is 25.7 Å². The van der Waals surface area contributed by atoms with Crippen LogP contribution in [0.5, 0.6) is 0 Å². The highest BCUT2D eigenvalue weighted by atomic mass is 32.2. The molecule has 1 fully saturated rings. The van der Waals surface area contributed by atoms with E-state index in [1.807, 2.05) is 11.8 Å². The van der Waals surface area contributed by atoms with E-state index in [2.05, 4.69) is 0 Å². The first-order valence-corrected chi connectivity index (χ1v) is 5.24. The Balaban J connectivity index is 1.98. The van der Waals surface area contributed by atoms with Gasteiger partial charge in [0.15, 0.2) is 0 Å². The highest BCUT2D eigenvalue weighted by molar-refractivity contribution is 7.99. The lowest BCUT2D eigenvalue weighted by Crippen LogP contribution is -2.00. The van der Waals surface area contributed by atoms with Gasteiger partial charge >= 0.3 is 5.97 Å². The van der Waals surface area contributed by atoms with E-state index in [-0.39, 0.29) is 0 Å². The third-order valence-corrected chi connectivity index (χ3v) is 3.26. The molecule has 0 spiro atoms. The predicted octanol–water partition coefficient (Wildman–Crippen LogP) is 1.99. The number of carboxylic acids is 1. The summed E-state index contributed by atoms with van der Waals surface area (Å²) < 4.78 is 0. The Bertz CT molecular complexity index is 130. The number of carbonyl (C=O) groups is 1. The van der Waals surface area contributed by atoms with Crippen molar-refractivity contribution in [3.8, 4) is 0 Å². The second kappa shape index (κ2) is 4.65. The Labute approximate surface area is 71.4 Å². The molecule has 0 saturated carbocycles. The Kier molecular flexibility index (Phi) is 3.77. The molecule has 2 nitrogen and oxygen atoms in total. The molecule has 1 heterocycles. The standard InChI is InChI=1S/C8H14O2S/c9-8(10)3-1-2-7-4-5-11-6-7/h7H,1-6H2,(H,9,10). The number of hydrogen-bond donors (Lipinski definition) is 1. The van der Waals surface area contributed by atoms with Crippen LogP contribution in [0, 0.1) is 5.92 Å². The van der Waals surface area contributed by atoms with E-state index in [9.17, 15) is 4.79 Å². The van der Waals surface area contributed by atoms with Crippen LogP contribution >= 0.6 is 11.8 Å². The number of thioether (sulfide) groups is 1. The molecule has 0 aliphatic carbocycles. The number of rotatable bonds is 4. The maximum Gasteiger partial charge on any atom is 0.303 e. The van der Waals surface area contributed by atoms with Gasteiger partial charge in [-0.15, -0.1) is 0 Å². The summed E-state index contributed by atoms with van der Waals surface area (Å²) in [5, 5.41) is 8.38. The van der Waals surface area contributed by atoms with Crippen LogP contribution in [0.4, 0.5) is 0 Å². The third-order valence-electron chi connectivity index (χ3n) is 2.03. The molecule has 1 atom stereocenters. The Morgan fingerprint density at radius 3 is 3.00 bits per heavy atom. The van der Waals surface area contributed by atoms with Crippen molar-refractivity contribution < 1.29 is 9.90 Å². The zero-order valence-electron chi connectivity index (χ0n) is 6.58. The van der Waals surface area contributed by atoms with Gasteiger partial charge < -0.3 is 5.11 Å². The van der Waals surface area contributed by atoms with Crippen molar-refractivity contribution >= 4 is 17.7 Å². The van der Waals surface area contributed by atoms with Crippen molar-refractivity contribution in [3.63, 3.8) is 0 Å². The molecule has 1 N–H and O–H groups in total. The molecule has 1 aliphatic rings. The summed E-state index contributed by atoms with van der Waals surface area (Å²) in [7, 11) is 0. The van der Waals surface area contributed by atoms with Crippen LogP contribution in [0.25, 0.3) is 0 Å². The lowest BCUT2D eigenvalue weighted by atomic mass is 10.0. The van der Waals surface area contributed by atoms with Gasteiger partial charge in [0.1, 0.15) is 0 Å². The van der Waals surface area contributed by atoms with E-state index >= 15 is 0 Å². The van der Waals surface area contributed by atoms with E-state index in [0.717, 1.165) is 18.8 Å². The second-order valence-corrected chi connectivity index (χ2v) is 4.17. The smallest absolute Gasteiger partial charge is 0.303 e. The molecule has 11 heavy (non-hydrogen) atoms. The molecule has 0 aromatic heterocycles. The first-order chi connectivity index (χ1) is 5.29. The molecule has 0 amide bonds. The lowest BCUT2D eigenvalue weighted by molar-refractivity contribution is -0.137. The Hall–Kier alpha value is -0.180. The monoisotopic (exact) mass is 174 g/mol. The highest BCUT2D eigenvalue weighted by Gasteiger charge is 2.14. The van der Waals surface area contributed by atoms with Gasteiger partial charge in [-0.25, -0.2) is 0 Å². The molecular weight excluding hydrogens is 160 g/mol. The van der Waals surface area contributed by atoms with E-state index < -0.39 is 5.97 Å². The maximum absolute atomic E-state index is 10.2. The zero-order valence-corrected chi connectivity index (χ0v) is 7.40. The van der Waals surface area contributed by atoms with Gasteiger partial charge in [-0.1, -0.05) is 0 Å². The van der Waals surface area contributed by atoms with Gasteiger partial charge in [0, 0.05) is 6.42 Å². The largest absolute Gasteiger partial charge is 0.481 e. The fourth-order valence-corrected chi connectivity index (χ4v) is 2.69. The SMILES string of the molecule is O=C(O)CCCC1CCSC1. The van der Waals surface area contributed by atoms with Crippen LogP contribution in [-0.4, -0.2) is 22.6 Å². The quantitative estimate of drug-likeness (QED) is 0.708. The predicted molar refractivity (Wildman–Crippen MR) is 46.9 cm³/mol. The summed E-state index contributed by atoms with van der Waals surface area (Å²) in [5.41, 5.74) is 0. The molecule has 64 valence electrons. The summed E-state index contributed by atoms with van der Waals surface area (Å²) in [4.78, 5) is 10.2. The first-order valence-electron chi connectivity index (χ1n) is 4.08. The molecular formula is C8H14O2S. The summed E-state index contributed by atoms with van der Waals surface area (Å²) in [6, 6.07) is 0. The highest BCUT2D eigenvalue weighted by Crippen LogP contribution is 2.27. The minimum absolute atomic E-state index is 0.348. The van der Waals surface area contributed by atoms with Gasteiger partial charge in [0.05, 0.1) is 0 Å². The van der Waals surface area contributed by atoms with Gasteiger partial charge in [0.25, 0.3) is 0 Å². The van der Waals surface area contributed by atoms with E-state index in [4.69, 9.17) is 5.11 Å². The molecule has 1 rings (SSSR count). The maximum atomic E-state index is 10.2. The summed E-state index contributed by atoms with van der Waals surface area (Å²) in [6.45, 7) is 0. The second-order valence-electron chi connectivity index (χ2n) is 3.02. The average Bonchev–Trinajstić information content (AvgIpc) is 2.39. The molecule has 3 heteroatoms. The van der Waals surface area contributed by atoms with E-state index in [1.54, 1.807) is 0 Å². The summed E-state index contributed by atoms with van der Waals surface area (Å²) in [5.74, 6) is 2.67. The average molecular weight is 174 g/mol. The Morgan fingerprint density at radius 1 is 1.64 bits per heavy atom. The third kappa shape index (κ3) is 3.65. The normalized spacial score (nSPS) is 23.8. The molecule has 1 aliphatic heterocycles. The lowest BCUT2D eigenvalue weighted by Gasteiger charge is -2.04. The topological polar surface area (TPSA) is 37.3 Å². The zero-order chi connectivity index (χ0) is 8.10. The van der Waals surface area contributed by atoms with E-state index in [0.29, 0.717) is 6.42 Å². The fourth-order valence-electron chi connectivity index (χ4n) is 1.35. The minimum Gasteiger partial charge on any atom is -0.481 e. The first kappa shape index (κ1) is 8.91. The minimum atomic E-state index is -0.657. The number of carboxylic acid groups (broad SMARTS) is 1. The van der Waals surface area contributed by atoms with Crippen molar-refractivity contribution in [2.24, 2.45) is 5.92 Å².